The Labute approximate surface area is 132 Å². The molecule has 0 unspecified atom stereocenters. The third-order valence-electron chi connectivity index (χ3n) is 4.80. The highest BCUT2D eigenvalue weighted by molar-refractivity contribution is 5.92. The number of rotatable bonds is 4. The highest BCUT2D eigenvalue weighted by Gasteiger charge is 2.44. The molecule has 0 saturated heterocycles. The van der Waals surface area contributed by atoms with Crippen LogP contribution in [-0.4, -0.2) is 22.9 Å². The molecule has 0 aliphatic heterocycles. The average molecular weight is 323 g/mol. The standard InChI is InChI=1S/C17H19F2NO3/c18-17(19)7-5-11(6-8-17)15(21)20-12-3-1-10(2-4-12)13-9-14(13)16(22)23/h1-4,11,13-14H,5-9H2,(H,20,21)(H,22,23)/t13-,14+/m0/s1. The zero-order valence-electron chi connectivity index (χ0n) is 12.6. The van der Waals surface area contributed by atoms with E-state index in [4.69, 9.17) is 5.11 Å². The molecule has 0 aromatic heterocycles. The predicted octanol–water partition coefficient (Wildman–Crippen LogP) is 3.64. The molecule has 0 spiro atoms. The summed E-state index contributed by atoms with van der Waals surface area (Å²) in [5.41, 5.74) is 1.57. The van der Waals surface area contributed by atoms with Crippen LogP contribution in [0.2, 0.25) is 0 Å². The van der Waals surface area contributed by atoms with Gasteiger partial charge in [0.2, 0.25) is 11.8 Å². The number of anilines is 1. The molecule has 2 fully saturated rings. The highest BCUT2D eigenvalue weighted by atomic mass is 19.3. The van der Waals surface area contributed by atoms with Gasteiger partial charge in [0.1, 0.15) is 0 Å². The number of benzene rings is 1. The largest absolute Gasteiger partial charge is 0.481 e. The minimum Gasteiger partial charge on any atom is -0.481 e. The summed E-state index contributed by atoms with van der Waals surface area (Å²) in [7, 11) is 0. The lowest BCUT2D eigenvalue weighted by molar-refractivity contribution is -0.138. The van der Waals surface area contributed by atoms with Gasteiger partial charge >= 0.3 is 5.97 Å². The van der Waals surface area contributed by atoms with Crippen molar-refractivity contribution in [1.82, 2.24) is 0 Å². The lowest BCUT2D eigenvalue weighted by Gasteiger charge is -2.27. The molecule has 2 N–H and O–H groups in total. The van der Waals surface area contributed by atoms with Gasteiger partial charge in [-0.05, 0) is 42.9 Å². The summed E-state index contributed by atoms with van der Waals surface area (Å²) in [6.07, 6.45) is 0.598. The number of alkyl halides is 2. The van der Waals surface area contributed by atoms with E-state index in [0.717, 1.165) is 5.56 Å². The number of hydrogen-bond donors (Lipinski definition) is 2. The molecule has 2 aliphatic rings. The molecular weight excluding hydrogens is 304 g/mol. The SMILES string of the molecule is O=C(Nc1ccc([C@@H]2C[C@H]2C(=O)O)cc1)C1CCC(F)(F)CC1. The van der Waals surface area contributed by atoms with Gasteiger partial charge in [-0.1, -0.05) is 12.1 Å². The molecule has 3 rings (SSSR count). The van der Waals surface area contributed by atoms with Crippen molar-refractivity contribution in [2.75, 3.05) is 5.32 Å². The maximum Gasteiger partial charge on any atom is 0.307 e. The first-order valence-electron chi connectivity index (χ1n) is 7.87. The summed E-state index contributed by atoms with van der Waals surface area (Å²) in [5, 5.41) is 11.7. The lowest BCUT2D eigenvalue weighted by Crippen LogP contribution is -2.31. The van der Waals surface area contributed by atoms with Crippen molar-refractivity contribution in [2.24, 2.45) is 11.8 Å². The number of carbonyl (C=O) groups is 2. The Morgan fingerprint density at radius 3 is 2.26 bits per heavy atom. The summed E-state index contributed by atoms with van der Waals surface area (Å²) < 4.78 is 26.2. The monoisotopic (exact) mass is 323 g/mol. The second kappa shape index (κ2) is 5.91. The first-order valence-corrected chi connectivity index (χ1v) is 7.87. The van der Waals surface area contributed by atoms with Gasteiger partial charge in [-0.2, -0.15) is 0 Å². The molecule has 23 heavy (non-hydrogen) atoms. The van der Waals surface area contributed by atoms with Crippen LogP contribution in [-0.2, 0) is 9.59 Å². The van der Waals surface area contributed by atoms with E-state index in [1.54, 1.807) is 12.1 Å². The number of amides is 1. The number of carbonyl (C=O) groups excluding carboxylic acids is 1. The Kier molecular flexibility index (Phi) is 4.08. The molecule has 2 atom stereocenters. The van der Waals surface area contributed by atoms with Gasteiger partial charge in [-0.25, -0.2) is 8.78 Å². The Hall–Kier alpha value is -1.98. The van der Waals surface area contributed by atoms with Gasteiger partial charge in [0.05, 0.1) is 5.92 Å². The molecule has 2 aliphatic carbocycles. The predicted molar refractivity (Wildman–Crippen MR) is 80.5 cm³/mol. The van der Waals surface area contributed by atoms with Crippen LogP contribution >= 0.6 is 0 Å². The van der Waals surface area contributed by atoms with E-state index < -0.39 is 11.9 Å². The maximum atomic E-state index is 13.1. The van der Waals surface area contributed by atoms with Crippen molar-refractivity contribution in [1.29, 1.82) is 0 Å². The lowest BCUT2D eigenvalue weighted by atomic mass is 9.86. The van der Waals surface area contributed by atoms with Crippen LogP contribution in [0.25, 0.3) is 0 Å². The number of aliphatic carboxylic acids is 1. The molecule has 1 amide bonds. The minimum absolute atomic E-state index is 0.0535. The summed E-state index contributed by atoms with van der Waals surface area (Å²) in [6.45, 7) is 0. The highest BCUT2D eigenvalue weighted by Crippen LogP contribution is 2.47. The van der Waals surface area contributed by atoms with Gasteiger partial charge in [0, 0.05) is 24.4 Å². The van der Waals surface area contributed by atoms with Gasteiger partial charge < -0.3 is 10.4 Å². The van der Waals surface area contributed by atoms with Gasteiger partial charge in [-0.3, -0.25) is 9.59 Å². The van der Waals surface area contributed by atoms with E-state index in [0.29, 0.717) is 12.1 Å². The van der Waals surface area contributed by atoms with Crippen LogP contribution in [0.15, 0.2) is 24.3 Å². The zero-order valence-corrected chi connectivity index (χ0v) is 12.6. The van der Waals surface area contributed by atoms with Crippen LogP contribution in [0.1, 0.15) is 43.6 Å². The van der Waals surface area contributed by atoms with E-state index in [9.17, 15) is 18.4 Å². The number of nitrogens with one attached hydrogen (secondary N) is 1. The third-order valence-corrected chi connectivity index (χ3v) is 4.80. The minimum atomic E-state index is -2.64. The molecule has 4 nitrogen and oxygen atoms in total. The zero-order chi connectivity index (χ0) is 16.6. The maximum absolute atomic E-state index is 13.1. The van der Waals surface area contributed by atoms with Crippen molar-refractivity contribution in [3.63, 3.8) is 0 Å². The summed E-state index contributed by atoms with van der Waals surface area (Å²) in [5.74, 6) is -4.25. The van der Waals surface area contributed by atoms with Gasteiger partial charge in [0.15, 0.2) is 0 Å². The Balaban J connectivity index is 1.54. The molecule has 1 aromatic carbocycles. The summed E-state index contributed by atoms with van der Waals surface area (Å²) >= 11 is 0. The molecular formula is C17H19F2NO3. The van der Waals surface area contributed by atoms with Crippen LogP contribution < -0.4 is 5.32 Å². The van der Waals surface area contributed by atoms with Crippen LogP contribution in [0.5, 0.6) is 0 Å². The fourth-order valence-corrected chi connectivity index (χ4v) is 3.20. The summed E-state index contributed by atoms with van der Waals surface area (Å²) in [6, 6.07) is 7.11. The Bertz CT molecular complexity index is 605. The van der Waals surface area contributed by atoms with E-state index in [-0.39, 0.29) is 49.3 Å². The molecule has 0 heterocycles. The number of halogens is 2. The van der Waals surface area contributed by atoms with Gasteiger partial charge in [0.25, 0.3) is 0 Å². The van der Waals surface area contributed by atoms with E-state index in [2.05, 4.69) is 5.32 Å². The van der Waals surface area contributed by atoms with E-state index in [1.807, 2.05) is 12.1 Å². The fraction of sp³-hybridized carbons (Fsp3) is 0.529. The Morgan fingerprint density at radius 1 is 1.13 bits per heavy atom. The van der Waals surface area contributed by atoms with Crippen LogP contribution in [0.3, 0.4) is 0 Å². The number of carboxylic acid groups (broad SMARTS) is 1. The molecule has 1 aromatic rings. The van der Waals surface area contributed by atoms with E-state index in [1.165, 1.54) is 0 Å². The topological polar surface area (TPSA) is 66.4 Å². The molecule has 0 radical (unpaired) electrons. The Morgan fingerprint density at radius 2 is 1.74 bits per heavy atom. The van der Waals surface area contributed by atoms with E-state index >= 15 is 0 Å². The first-order chi connectivity index (χ1) is 10.9. The van der Waals surface area contributed by atoms with Crippen molar-refractivity contribution < 1.29 is 23.5 Å². The average Bonchev–Trinajstić information content (AvgIpc) is 3.28. The van der Waals surface area contributed by atoms with Crippen molar-refractivity contribution in [3.05, 3.63) is 29.8 Å². The fourth-order valence-electron chi connectivity index (χ4n) is 3.20. The first kappa shape index (κ1) is 15.9. The molecule has 0 bridgehead atoms. The third kappa shape index (κ3) is 3.68. The van der Waals surface area contributed by atoms with Crippen molar-refractivity contribution >= 4 is 17.6 Å². The molecule has 2 saturated carbocycles. The number of carboxylic acids is 1. The molecule has 6 heteroatoms. The molecule has 124 valence electrons. The second-order valence-electron chi connectivity index (χ2n) is 6.53. The second-order valence-corrected chi connectivity index (χ2v) is 6.53. The normalized spacial score (nSPS) is 26.5. The smallest absolute Gasteiger partial charge is 0.307 e. The summed E-state index contributed by atoms with van der Waals surface area (Å²) in [4.78, 5) is 23.0. The van der Waals surface area contributed by atoms with Gasteiger partial charge in [-0.15, -0.1) is 0 Å². The van der Waals surface area contributed by atoms with Crippen molar-refractivity contribution in [2.45, 2.75) is 43.9 Å². The van der Waals surface area contributed by atoms with Crippen LogP contribution in [0.4, 0.5) is 14.5 Å². The number of hydrogen-bond acceptors (Lipinski definition) is 2. The van der Waals surface area contributed by atoms with Crippen LogP contribution in [0, 0.1) is 11.8 Å². The quantitative estimate of drug-likeness (QED) is 0.889. The van der Waals surface area contributed by atoms with Crippen molar-refractivity contribution in [3.8, 4) is 0 Å².